The van der Waals surface area contributed by atoms with Crippen LogP contribution in [0.3, 0.4) is 0 Å². The van der Waals surface area contributed by atoms with Crippen molar-refractivity contribution in [3.63, 3.8) is 0 Å². The Morgan fingerprint density at radius 2 is 1.89 bits per heavy atom. The van der Waals surface area contributed by atoms with Crippen LogP contribution in [-0.4, -0.2) is 45.9 Å². The Morgan fingerprint density at radius 3 is 2.71 bits per heavy atom. The first-order valence-corrected chi connectivity index (χ1v) is 11.5. The molecule has 0 aliphatic carbocycles. The number of carbonyl (C=O) groups is 2. The van der Waals surface area contributed by atoms with Gasteiger partial charge >= 0.3 is 0 Å². The molecule has 3 heterocycles. The van der Waals surface area contributed by atoms with Gasteiger partial charge in [0.25, 0.3) is 11.8 Å². The maximum Gasteiger partial charge on any atom is 0.271 e. The zero-order valence-corrected chi connectivity index (χ0v) is 19.0. The van der Waals surface area contributed by atoms with Crippen LogP contribution >= 0.6 is 0 Å². The van der Waals surface area contributed by atoms with Gasteiger partial charge < -0.3 is 21.3 Å². The number of pyridine rings is 1. The van der Waals surface area contributed by atoms with Crippen LogP contribution < -0.4 is 21.3 Å². The Balaban J connectivity index is 1.36. The molecule has 0 saturated carbocycles. The van der Waals surface area contributed by atoms with Crippen molar-refractivity contribution < 1.29 is 9.59 Å². The fraction of sp³-hybridized carbons (Fsp3) is 0.192. The smallest absolute Gasteiger partial charge is 0.271 e. The average Bonchev–Trinajstić information content (AvgIpc) is 2.89. The first-order chi connectivity index (χ1) is 17.1. The fourth-order valence-corrected chi connectivity index (χ4v) is 4.25. The van der Waals surface area contributed by atoms with Crippen molar-refractivity contribution in [2.45, 2.75) is 18.9 Å². The van der Waals surface area contributed by atoms with Gasteiger partial charge in [-0.3, -0.25) is 14.6 Å². The number of aromatic nitrogens is 3. The number of nitrogens with zero attached hydrogens (tertiary/aromatic N) is 4. The molecule has 5 rings (SSSR count). The summed E-state index contributed by atoms with van der Waals surface area (Å²) >= 11 is 0. The molecule has 0 spiro atoms. The molecule has 1 saturated heterocycles. The van der Waals surface area contributed by atoms with E-state index in [0.717, 1.165) is 36.0 Å². The van der Waals surface area contributed by atoms with Crippen molar-refractivity contribution >= 4 is 40.0 Å². The van der Waals surface area contributed by atoms with Gasteiger partial charge in [0.2, 0.25) is 0 Å². The minimum atomic E-state index is -0.666. The molecule has 176 valence electrons. The van der Waals surface area contributed by atoms with Crippen LogP contribution in [0.5, 0.6) is 0 Å². The molecule has 0 bridgehead atoms. The molecule has 9 heteroatoms. The van der Waals surface area contributed by atoms with Gasteiger partial charge in [0.1, 0.15) is 5.82 Å². The summed E-state index contributed by atoms with van der Waals surface area (Å²) in [5, 5.41) is 7.26. The Hall–Kier alpha value is -4.53. The van der Waals surface area contributed by atoms with Gasteiger partial charge in [-0.15, -0.1) is 0 Å². The normalized spacial score (nSPS) is 15.5. The highest BCUT2D eigenvalue weighted by Crippen LogP contribution is 2.25. The number of amides is 2. The minimum Gasteiger partial charge on any atom is -0.364 e. The summed E-state index contributed by atoms with van der Waals surface area (Å²) in [6.45, 7) is 1.35. The lowest BCUT2D eigenvalue weighted by Gasteiger charge is -2.34. The lowest BCUT2D eigenvalue weighted by atomic mass is 10.0. The molecule has 4 N–H and O–H groups in total. The summed E-state index contributed by atoms with van der Waals surface area (Å²) in [5.41, 5.74) is 7.87. The quantitative estimate of drug-likeness (QED) is 0.397. The number of primary amides is 1. The molecule has 35 heavy (non-hydrogen) atoms. The largest absolute Gasteiger partial charge is 0.364 e. The standard InChI is InChI=1S/C26H25N7O2/c27-24(34)23-25(30-19-10-11-21-18(14-19)8-4-12-28-21)32-22(15-29-23)33-13-5-9-20(16-33)31-26(35)17-6-2-1-3-7-17/h1-4,6-8,10-12,14-15,20H,5,9,13,16H2,(H2,27,34)(H,30,32)(H,31,35)/t20-/m1/s1. The molecule has 2 aromatic heterocycles. The minimum absolute atomic E-state index is 0.0292. The third-order valence-electron chi connectivity index (χ3n) is 5.98. The van der Waals surface area contributed by atoms with Crippen molar-refractivity contribution in [1.82, 2.24) is 20.3 Å². The molecule has 1 atom stereocenters. The van der Waals surface area contributed by atoms with Crippen molar-refractivity contribution in [3.8, 4) is 0 Å². The number of fused-ring (bicyclic) bond motifs is 1. The lowest BCUT2D eigenvalue weighted by molar-refractivity contribution is 0.0932. The zero-order chi connectivity index (χ0) is 24.2. The number of hydrogen-bond acceptors (Lipinski definition) is 7. The van der Waals surface area contributed by atoms with Gasteiger partial charge in [-0.1, -0.05) is 24.3 Å². The number of carbonyl (C=O) groups excluding carboxylic acids is 2. The lowest BCUT2D eigenvalue weighted by Crippen LogP contribution is -2.48. The summed E-state index contributed by atoms with van der Waals surface area (Å²) < 4.78 is 0. The number of nitrogens with one attached hydrogen (secondary N) is 2. The van der Waals surface area contributed by atoms with Gasteiger partial charge in [0, 0.05) is 42.0 Å². The van der Waals surface area contributed by atoms with Gasteiger partial charge in [-0.25, -0.2) is 9.97 Å². The van der Waals surface area contributed by atoms with Crippen LogP contribution in [0.15, 0.2) is 73.1 Å². The van der Waals surface area contributed by atoms with Gasteiger partial charge in [0.05, 0.1) is 11.7 Å². The summed E-state index contributed by atoms with van der Waals surface area (Å²) in [7, 11) is 0. The van der Waals surface area contributed by atoms with Gasteiger partial charge in [-0.05, 0) is 49.2 Å². The first-order valence-electron chi connectivity index (χ1n) is 11.5. The van der Waals surface area contributed by atoms with E-state index in [1.807, 2.05) is 48.5 Å². The van der Waals surface area contributed by atoms with Crippen LogP contribution in [0.4, 0.5) is 17.3 Å². The Labute approximate surface area is 202 Å². The number of nitrogens with two attached hydrogens (primary N) is 1. The summed E-state index contributed by atoms with van der Waals surface area (Å²) in [6.07, 6.45) is 5.05. The molecular formula is C26H25N7O2. The second-order valence-corrected chi connectivity index (χ2v) is 8.45. The maximum absolute atomic E-state index is 12.6. The highest BCUT2D eigenvalue weighted by Gasteiger charge is 2.24. The Morgan fingerprint density at radius 1 is 1.03 bits per heavy atom. The van der Waals surface area contributed by atoms with Crippen LogP contribution in [-0.2, 0) is 0 Å². The second kappa shape index (κ2) is 9.76. The van der Waals surface area contributed by atoms with Crippen LogP contribution in [0.25, 0.3) is 10.9 Å². The molecule has 1 aliphatic heterocycles. The topological polar surface area (TPSA) is 126 Å². The van der Waals surface area contributed by atoms with E-state index in [4.69, 9.17) is 5.73 Å². The molecule has 4 aromatic rings. The van der Waals surface area contributed by atoms with Crippen molar-refractivity contribution in [3.05, 3.63) is 84.3 Å². The predicted molar refractivity (Wildman–Crippen MR) is 135 cm³/mol. The number of hydrogen-bond donors (Lipinski definition) is 3. The van der Waals surface area contributed by atoms with Gasteiger partial charge in [0.15, 0.2) is 11.5 Å². The Kier molecular flexibility index (Phi) is 6.21. The van der Waals surface area contributed by atoms with E-state index in [2.05, 4.69) is 30.5 Å². The molecule has 1 aliphatic rings. The van der Waals surface area contributed by atoms with E-state index in [1.165, 1.54) is 0 Å². The number of benzene rings is 2. The van der Waals surface area contributed by atoms with E-state index in [0.29, 0.717) is 17.9 Å². The average molecular weight is 468 g/mol. The first kappa shape index (κ1) is 22.3. The molecule has 0 radical (unpaired) electrons. The molecule has 1 fully saturated rings. The second-order valence-electron chi connectivity index (χ2n) is 8.45. The summed E-state index contributed by atoms with van der Waals surface area (Å²) in [4.78, 5) is 40.0. The van der Waals surface area contributed by atoms with Crippen LogP contribution in [0.2, 0.25) is 0 Å². The zero-order valence-electron chi connectivity index (χ0n) is 19.0. The molecule has 0 unspecified atom stereocenters. The van der Waals surface area contributed by atoms with E-state index < -0.39 is 5.91 Å². The molecule has 9 nitrogen and oxygen atoms in total. The van der Waals surface area contributed by atoms with E-state index in [1.54, 1.807) is 24.5 Å². The SMILES string of the molecule is NC(=O)c1ncc(N2CCC[C@@H](NC(=O)c3ccccc3)C2)nc1Nc1ccc2ncccc2c1. The summed E-state index contributed by atoms with van der Waals surface area (Å²) in [6, 6.07) is 18.7. The monoisotopic (exact) mass is 467 g/mol. The third kappa shape index (κ3) is 5.03. The van der Waals surface area contributed by atoms with Crippen LogP contribution in [0.1, 0.15) is 33.7 Å². The van der Waals surface area contributed by atoms with E-state index in [9.17, 15) is 9.59 Å². The highest BCUT2D eigenvalue weighted by atomic mass is 16.2. The van der Waals surface area contributed by atoms with E-state index >= 15 is 0 Å². The van der Waals surface area contributed by atoms with Crippen molar-refractivity contribution in [2.75, 3.05) is 23.3 Å². The van der Waals surface area contributed by atoms with E-state index in [-0.39, 0.29) is 23.5 Å². The maximum atomic E-state index is 12.6. The Bertz CT molecular complexity index is 1380. The van der Waals surface area contributed by atoms with Crippen molar-refractivity contribution in [1.29, 1.82) is 0 Å². The summed E-state index contributed by atoms with van der Waals surface area (Å²) in [5.74, 6) is 0.133. The number of rotatable bonds is 6. The van der Waals surface area contributed by atoms with Gasteiger partial charge in [-0.2, -0.15) is 0 Å². The molecule has 2 aromatic carbocycles. The number of piperidine rings is 1. The molecule has 2 amide bonds. The predicted octanol–water partition coefficient (Wildman–Crippen LogP) is 3.27. The fourth-order valence-electron chi connectivity index (χ4n) is 4.25. The third-order valence-corrected chi connectivity index (χ3v) is 5.98. The molecular weight excluding hydrogens is 442 g/mol. The highest BCUT2D eigenvalue weighted by molar-refractivity contribution is 5.97. The number of anilines is 3. The van der Waals surface area contributed by atoms with Crippen LogP contribution in [0, 0.1) is 0 Å². The van der Waals surface area contributed by atoms with Crippen molar-refractivity contribution in [2.24, 2.45) is 5.73 Å².